The Balaban J connectivity index is 1.90. The summed E-state index contributed by atoms with van der Waals surface area (Å²) in [6.45, 7) is 1.82. The molecule has 1 aliphatic carbocycles. The van der Waals surface area contributed by atoms with E-state index in [1.54, 1.807) is 11.5 Å². The van der Waals surface area contributed by atoms with Gasteiger partial charge in [0.15, 0.2) is 0 Å². The van der Waals surface area contributed by atoms with Crippen LogP contribution in [0.15, 0.2) is 12.3 Å². The standard InChI is InChI=1S/C11H16N2OS/c1-2-5-11(4-1)10(12-7-8-14-11)9-3-6-13-15-9/h3,6,10,12H,1-2,4-5,7-8H2. The Kier molecular flexibility index (Phi) is 2.50. The molecule has 1 unspecified atom stereocenters. The fourth-order valence-electron chi connectivity index (χ4n) is 2.87. The SMILES string of the molecule is c1cc(C2NCCOC23CCCC3)sn1. The summed E-state index contributed by atoms with van der Waals surface area (Å²) in [6, 6.07) is 2.50. The second kappa shape index (κ2) is 3.85. The molecule has 1 saturated heterocycles. The molecule has 2 aliphatic rings. The number of nitrogens with one attached hydrogen (secondary N) is 1. The van der Waals surface area contributed by atoms with E-state index >= 15 is 0 Å². The molecule has 1 N–H and O–H groups in total. The van der Waals surface area contributed by atoms with Crippen molar-refractivity contribution in [2.24, 2.45) is 0 Å². The molecular formula is C11H16N2OS. The molecule has 2 fully saturated rings. The van der Waals surface area contributed by atoms with Crippen molar-refractivity contribution in [1.29, 1.82) is 0 Å². The third kappa shape index (κ3) is 1.61. The third-order valence-corrected chi connectivity index (χ3v) is 4.37. The van der Waals surface area contributed by atoms with Gasteiger partial charge >= 0.3 is 0 Å². The summed E-state index contributed by atoms with van der Waals surface area (Å²) >= 11 is 1.60. The molecule has 15 heavy (non-hydrogen) atoms. The first-order chi connectivity index (χ1) is 7.41. The van der Waals surface area contributed by atoms with Gasteiger partial charge in [-0.3, -0.25) is 0 Å². The lowest BCUT2D eigenvalue weighted by Crippen LogP contribution is -2.50. The minimum Gasteiger partial charge on any atom is -0.372 e. The largest absolute Gasteiger partial charge is 0.372 e. The van der Waals surface area contributed by atoms with Crippen LogP contribution in [-0.2, 0) is 4.74 Å². The summed E-state index contributed by atoms with van der Waals surface area (Å²) in [4.78, 5) is 1.33. The van der Waals surface area contributed by atoms with Crippen molar-refractivity contribution < 1.29 is 4.74 Å². The van der Waals surface area contributed by atoms with E-state index in [0.29, 0.717) is 6.04 Å². The first-order valence-corrected chi connectivity index (χ1v) is 6.46. The van der Waals surface area contributed by atoms with E-state index in [1.807, 2.05) is 6.20 Å². The van der Waals surface area contributed by atoms with Crippen LogP contribution in [-0.4, -0.2) is 23.1 Å². The van der Waals surface area contributed by atoms with Gasteiger partial charge in [-0.05, 0) is 30.4 Å². The highest BCUT2D eigenvalue weighted by Crippen LogP contribution is 2.44. The maximum Gasteiger partial charge on any atom is 0.0885 e. The fourth-order valence-corrected chi connectivity index (χ4v) is 3.64. The van der Waals surface area contributed by atoms with Crippen LogP contribution < -0.4 is 5.32 Å². The van der Waals surface area contributed by atoms with Crippen LogP contribution in [0.2, 0.25) is 0 Å². The molecule has 1 saturated carbocycles. The summed E-state index contributed by atoms with van der Waals surface area (Å²) in [6.07, 6.45) is 6.89. The number of rotatable bonds is 1. The van der Waals surface area contributed by atoms with Crippen LogP contribution in [0.1, 0.15) is 36.6 Å². The van der Waals surface area contributed by atoms with Crippen molar-refractivity contribution in [3.8, 4) is 0 Å². The van der Waals surface area contributed by atoms with E-state index in [0.717, 1.165) is 13.2 Å². The maximum atomic E-state index is 6.08. The number of morpholine rings is 1. The first-order valence-electron chi connectivity index (χ1n) is 5.69. The molecular weight excluding hydrogens is 208 g/mol. The van der Waals surface area contributed by atoms with Crippen molar-refractivity contribution in [3.63, 3.8) is 0 Å². The van der Waals surface area contributed by atoms with Gasteiger partial charge in [0.2, 0.25) is 0 Å². The highest BCUT2D eigenvalue weighted by molar-refractivity contribution is 7.05. The Morgan fingerprint density at radius 1 is 1.47 bits per heavy atom. The van der Waals surface area contributed by atoms with Crippen LogP contribution in [0.25, 0.3) is 0 Å². The zero-order chi connectivity index (χ0) is 10.1. The molecule has 1 spiro atoms. The number of hydrogen-bond acceptors (Lipinski definition) is 4. The topological polar surface area (TPSA) is 34.1 Å². The molecule has 3 nitrogen and oxygen atoms in total. The number of nitrogens with zero attached hydrogens (tertiary/aromatic N) is 1. The molecule has 3 rings (SSSR count). The Bertz CT molecular complexity index is 319. The summed E-state index contributed by atoms with van der Waals surface area (Å²) < 4.78 is 10.3. The molecule has 0 aromatic carbocycles. The number of hydrogen-bond donors (Lipinski definition) is 1. The average molecular weight is 224 g/mol. The predicted molar refractivity (Wildman–Crippen MR) is 60.0 cm³/mol. The molecule has 0 amide bonds. The minimum atomic E-state index is 0.0742. The van der Waals surface area contributed by atoms with Crippen LogP contribution in [0.5, 0.6) is 0 Å². The molecule has 1 aliphatic heterocycles. The molecule has 0 radical (unpaired) electrons. The van der Waals surface area contributed by atoms with Crippen molar-refractivity contribution >= 4 is 11.5 Å². The third-order valence-electron chi connectivity index (χ3n) is 3.56. The lowest BCUT2D eigenvalue weighted by Gasteiger charge is -2.41. The number of aromatic nitrogens is 1. The zero-order valence-electron chi connectivity index (χ0n) is 8.74. The van der Waals surface area contributed by atoms with E-state index in [9.17, 15) is 0 Å². The van der Waals surface area contributed by atoms with Gasteiger partial charge in [0.25, 0.3) is 0 Å². The van der Waals surface area contributed by atoms with Crippen LogP contribution in [0.3, 0.4) is 0 Å². The Morgan fingerprint density at radius 3 is 3.07 bits per heavy atom. The van der Waals surface area contributed by atoms with E-state index in [4.69, 9.17) is 4.74 Å². The monoisotopic (exact) mass is 224 g/mol. The predicted octanol–water partition coefficient (Wildman–Crippen LogP) is 2.12. The lowest BCUT2D eigenvalue weighted by atomic mass is 9.89. The maximum absolute atomic E-state index is 6.08. The van der Waals surface area contributed by atoms with Gasteiger partial charge in [-0.25, -0.2) is 4.37 Å². The second-order valence-electron chi connectivity index (χ2n) is 4.42. The molecule has 1 aromatic rings. The normalized spacial score (nSPS) is 29.7. The smallest absolute Gasteiger partial charge is 0.0885 e. The minimum absolute atomic E-state index is 0.0742. The Morgan fingerprint density at radius 2 is 2.33 bits per heavy atom. The summed E-state index contributed by atoms with van der Waals surface area (Å²) in [5.74, 6) is 0. The highest BCUT2D eigenvalue weighted by atomic mass is 32.1. The molecule has 4 heteroatoms. The zero-order valence-corrected chi connectivity index (χ0v) is 9.55. The van der Waals surface area contributed by atoms with Gasteiger partial charge in [0.1, 0.15) is 0 Å². The van der Waals surface area contributed by atoms with Crippen LogP contribution >= 0.6 is 11.5 Å². The van der Waals surface area contributed by atoms with Crippen molar-refractivity contribution in [2.45, 2.75) is 37.3 Å². The van der Waals surface area contributed by atoms with Crippen molar-refractivity contribution in [2.75, 3.05) is 13.2 Å². The van der Waals surface area contributed by atoms with Gasteiger partial charge in [-0.15, -0.1) is 0 Å². The average Bonchev–Trinajstić information content (AvgIpc) is 2.90. The molecule has 82 valence electrons. The Hall–Kier alpha value is -0.450. The van der Waals surface area contributed by atoms with Gasteiger partial charge in [0, 0.05) is 17.6 Å². The van der Waals surface area contributed by atoms with Gasteiger partial charge in [-0.1, -0.05) is 12.8 Å². The van der Waals surface area contributed by atoms with E-state index in [-0.39, 0.29) is 5.60 Å². The van der Waals surface area contributed by atoms with E-state index in [1.165, 1.54) is 30.6 Å². The van der Waals surface area contributed by atoms with Crippen molar-refractivity contribution in [3.05, 3.63) is 17.1 Å². The van der Waals surface area contributed by atoms with Gasteiger partial charge in [0.05, 0.1) is 18.2 Å². The van der Waals surface area contributed by atoms with Gasteiger partial charge < -0.3 is 10.1 Å². The molecule has 1 atom stereocenters. The van der Waals surface area contributed by atoms with Crippen molar-refractivity contribution in [1.82, 2.24) is 9.69 Å². The molecule has 2 heterocycles. The number of ether oxygens (including phenoxy) is 1. The second-order valence-corrected chi connectivity index (χ2v) is 5.29. The summed E-state index contributed by atoms with van der Waals surface area (Å²) in [5.41, 5.74) is 0.0742. The molecule has 0 bridgehead atoms. The van der Waals surface area contributed by atoms with Crippen LogP contribution in [0.4, 0.5) is 0 Å². The summed E-state index contributed by atoms with van der Waals surface area (Å²) in [7, 11) is 0. The summed E-state index contributed by atoms with van der Waals surface area (Å²) in [5, 5.41) is 3.60. The first kappa shape index (κ1) is 9.75. The fraction of sp³-hybridized carbons (Fsp3) is 0.727. The van der Waals surface area contributed by atoms with E-state index < -0.39 is 0 Å². The highest BCUT2D eigenvalue weighted by Gasteiger charge is 2.45. The van der Waals surface area contributed by atoms with Crippen LogP contribution in [0, 0.1) is 0 Å². The van der Waals surface area contributed by atoms with Gasteiger partial charge in [-0.2, -0.15) is 0 Å². The van der Waals surface area contributed by atoms with E-state index in [2.05, 4.69) is 15.8 Å². The lowest BCUT2D eigenvalue weighted by molar-refractivity contribution is -0.0926. The Labute approximate surface area is 94.0 Å². The molecule has 1 aromatic heterocycles. The quantitative estimate of drug-likeness (QED) is 0.793.